The van der Waals surface area contributed by atoms with Crippen molar-refractivity contribution in [3.05, 3.63) is 35.6 Å². The highest BCUT2D eigenvalue weighted by atomic mass is 19.1. The number of hydrogen-bond acceptors (Lipinski definition) is 3. The molecule has 1 atom stereocenters. The van der Waals surface area contributed by atoms with Gasteiger partial charge < -0.3 is 15.3 Å². The molecule has 0 spiro atoms. The summed E-state index contributed by atoms with van der Waals surface area (Å²) in [6.45, 7) is 2.35. The van der Waals surface area contributed by atoms with Crippen LogP contribution in [0.1, 0.15) is 29.6 Å². The van der Waals surface area contributed by atoms with E-state index in [0.29, 0.717) is 12.1 Å². The summed E-state index contributed by atoms with van der Waals surface area (Å²) in [4.78, 5) is 14.1. The third-order valence-corrected chi connectivity index (χ3v) is 3.57. The van der Waals surface area contributed by atoms with E-state index in [1.165, 1.54) is 24.3 Å². The maximum Gasteiger partial charge on any atom is 0.253 e. The second kappa shape index (κ2) is 7.36. The molecule has 0 aliphatic carbocycles. The lowest BCUT2D eigenvalue weighted by Crippen LogP contribution is -2.48. The fourth-order valence-corrected chi connectivity index (χ4v) is 2.49. The van der Waals surface area contributed by atoms with Crippen molar-refractivity contribution in [1.29, 1.82) is 0 Å². The van der Waals surface area contributed by atoms with Gasteiger partial charge >= 0.3 is 0 Å². The molecule has 0 saturated carbocycles. The van der Waals surface area contributed by atoms with Crippen LogP contribution in [0, 0.1) is 5.82 Å². The van der Waals surface area contributed by atoms with Crippen molar-refractivity contribution >= 4 is 5.91 Å². The molecule has 1 saturated heterocycles. The molecule has 1 aliphatic heterocycles. The smallest absolute Gasteiger partial charge is 0.253 e. The Morgan fingerprint density at radius 2 is 2.15 bits per heavy atom. The van der Waals surface area contributed by atoms with Crippen molar-refractivity contribution in [3.63, 3.8) is 0 Å². The zero-order valence-corrected chi connectivity index (χ0v) is 11.5. The van der Waals surface area contributed by atoms with Gasteiger partial charge in [0, 0.05) is 31.3 Å². The number of carbonyl (C=O) groups excluding carboxylic acids is 1. The second-order valence-electron chi connectivity index (χ2n) is 5.13. The molecule has 1 heterocycles. The molecule has 1 unspecified atom stereocenters. The predicted octanol–water partition coefficient (Wildman–Crippen LogP) is 1.40. The molecule has 1 aliphatic rings. The van der Waals surface area contributed by atoms with Gasteiger partial charge in [0.15, 0.2) is 0 Å². The fraction of sp³-hybridized carbons (Fsp3) is 0.533. The first-order valence-electron chi connectivity index (χ1n) is 7.10. The van der Waals surface area contributed by atoms with Gasteiger partial charge in [-0.15, -0.1) is 0 Å². The van der Waals surface area contributed by atoms with Crippen LogP contribution in [0.2, 0.25) is 0 Å². The van der Waals surface area contributed by atoms with Gasteiger partial charge in [-0.2, -0.15) is 0 Å². The number of halogens is 1. The summed E-state index contributed by atoms with van der Waals surface area (Å²) in [5.74, 6) is -0.373. The number of aliphatic hydroxyl groups excluding tert-OH is 1. The van der Waals surface area contributed by atoms with Crippen LogP contribution in [0.15, 0.2) is 24.3 Å². The normalized spacial score (nSPS) is 19.1. The standard InChI is InChI=1S/C15H21FN2O2/c16-13-6-4-12(5-7-13)15(20)18-9-1-3-14(11-18)17-8-2-10-19/h4-7,14,17,19H,1-3,8-11H2. The Bertz CT molecular complexity index is 436. The third kappa shape index (κ3) is 4.02. The number of hydrogen-bond donors (Lipinski definition) is 2. The van der Waals surface area contributed by atoms with Gasteiger partial charge in [-0.25, -0.2) is 4.39 Å². The highest BCUT2D eigenvalue weighted by Gasteiger charge is 2.23. The van der Waals surface area contributed by atoms with E-state index in [-0.39, 0.29) is 24.4 Å². The van der Waals surface area contributed by atoms with Crippen LogP contribution in [0.5, 0.6) is 0 Å². The summed E-state index contributed by atoms with van der Waals surface area (Å²) in [5.41, 5.74) is 0.530. The lowest BCUT2D eigenvalue weighted by atomic mass is 10.0. The number of likely N-dealkylation sites (tertiary alicyclic amines) is 1. The second-order valence-corrected chi connectivity index (χ2v) is 5.13. The van der Waals surface area contributed by atoms with E-state index in [1.54, 1.807) is 0 Å². The highest BCUT2D eigenvalue weighted by Crippen LogP contribution is 2.14. The molecule has 1 aromatic carbocycles. The summed E-state index contributed by atoms with van der Waals surface area (Å²) < 4.78 is 12.9. The molecule has 0 bridgehead atoms. The molecule has 0 radical (unpaired) electrons. The Morgan fingerprint density at radius 3 is 2.85 bits per heavy atom. The number of rotatable bonds is 5. The molecule has 1 amide bonds. The van der Waals surface area contributed by atoms with E-state index < -0.39 is 0 Å². The van der Waals surface area contributed by atoms with Crippen molar-refractivity contribution < 1.29 is 14.3 Å². The van der Waals surface area contributed by atoms with Gasteiger partial charge in [0.1, 0.15) is 5.82 Å². The Labute approximate surface area is 118 Å². The van der Waals surface area contributed by atoms with Crippen LogP contribution in [-0.2, 0) is 0 Å². The van der Waals surface area contributed by atoms with Crippen molar-refractivity contribution in [2.75, 3.05) is 26.2 Å². The summed E-state index contributed by atoms with van der Waals surface area (Å²) >= 11 is 0. The summed E-state index contributed by atoms with van der Waals surface area (Å²) in [5, 5.41) is 12.1. The van der Waals surface area contributed by atoms with E-state index in [2.05, 4.69) is 5.32 Å². The molecule has 2 rings (SSSR count). The number of carbonyl (C=O) groups is 1. The Morgan fingerprint density at radius 1 is 1.40 bits per heavy atom. The van der Waals surface area contributed by atoms with Gasteiger partial charge in [-0.3, -0.25) is 4.79 Å². The van der Waals surface area contributed by atoms with Gasteiger partial charge in [-0.05, 0) is 50.1 Å². The van der Waals surface area contributed by atoms with Crippen molar-refractivity contribution in [3.8, 4) is 0 Å². The maximum absolute atomic E-state index is 12.9. The molecule has 5 heteroatoms. The Kier molecular flexibility index (Phi) is 5.49. The monoisotopic (exact) mass is 280 g/mol. The van der Waals surface area contributed by atoms with Crippen LogP contribution in [0.25, 0.3) is 0 Å². The van der Waals surface area contributed by atoms with Gasteiger partial charge in [0.05, 0.1) is 0 Å². The van der Waals surface area contributed by atoms with Crippen LogP contribution in [0.4, 0.5) is 4.39 Å². The fourth-order valence-electron chi connectivity index (χ4n) is 2.49. The SMILES string of the molecule is O=C(c1ccc(F)cc1)N1CCCC(NCCCO)C1. The predicted molar refractivity (Wildman–Crippen MR) is 75.0 cm³/mol. The number of piperidine rings is 1. The Hall–Kier alpha value is -1.46. The number of amides is 1. The minimum atomic E-state index is -0.330. The summed E-state index contributed by atoms with van der Waals surface area (Å²) in [6, 6.07) is 5.96. The zero-order valence-electron chi connectivity index (χ0n) is 11.5. The van der Waals surface area contributed by atoms with E-state index in [1.807, 2.05) is 4.90 Å². The van der Waals surface area contributed by atoms with Crippen molar-refractivity contribution in [2.24, 2.45) is 0 Å². The lowest BCUT2D eigenvalue weighted by Gasteiger charge is -2.33. The molecular weight excluding hydrogens is 259 g/mol. The van der Waals surface area contributed by atoms with Gasteiger partial charge in [0.25, 0.3) is 5.91 Å². The topological polar surface area (TPSA) is 52.6 Å². The molecule has 1 fully saturated rings. The first-order valence-corrected chi connectivity index (χ1v) is 7.10. The molecule has 0 aromatic heterocycles. The van der Waals surface area contributed by atoms with E-state index in [0.717, 1.165) is 32.4 Å². The minimum absolute atomic E-state index is 0.0429. The van der Waals surface area contributed by atoms with Crippen molar-refractivity contribution in [2.45, 2.75) is 25.3 Å². The first-order chi connectivity index (χ1) is 9.70. The number of nitrogens with zero attached hydrogens (tertiary/aromatic N) is 1. The first kappa shape index (κ1) is 14.9. The average Bonchev–Trinajstić information content (AvgIpc) is 2.48. The van der Waals surface area contributed by atoms with Crippen molar-refractivity contribution in [1.82, 2.24) is 10.2 Å². The quantitative estimate of drug-likeness (QED) is 0.802. The molecule has 4 nitrogen and oxygen atoms in total. The van der Waals surface area contributed by atoms with Crippen LogP contribution >= 0.6 is 0 Å². The van der Waals surface area contributed by atoms with E-state index >= 15 is 0 Å². The largest absolute Gasteiger partial charge is 0.396 e. The zero-order chi connectivity index (χ0) is 14.4. The lowest BCUT2D eigenvalue weighted by molar-refractivity contribution is 0.0694. The summed E-state index contributed by atoms with van der Waals surface area (Å²) in [6.07, 6.45) is 2.73. The molecule has 1 aromatic rings. The van der Waals surface area contributed by atoms with Crippen LogP contribution < -0.4 is 5.32 Å². The molecular formula is C15H21FN2O2. The van der Waals surface area contributed by atoms with E-state index in [9.17, 15) is 9.18 Å². The molecule has 2 N–H and O–H groups in total. The van der Waals surface area contributed by atoms with Gasteiger partial charge in [-0.1, -0.05) is 0 Å². The number of nitrogens with one attached hydrogen (secondary N) is 1. The van der Waals surface area contributed by atoms with Crippen LogP contribution in [-0.4, -0.2) is 48.2 Å². The average molecular weight is 280 g/mol. The third-order valence-electron chi connectivity index (χ3n) is 3.57. The maximum atomic E-state index is 12.9. The Balaban J connectivity index is 1.91. The highest BCUT2D eigenvalue weighted by molar-refractivity contribution is 5.94. The molecule has 20 heavy (non-hydrogen) atoms. The number of benzene rings is 1. The molecule has 110 valence electrons. The van der Waals surface area contributed by atoms with Crippen LogP contribution in [0.3, 0.4) is 0 Å². The summed E-state index contributed by atoms with van der Waals surface area (Å²) in [7, 11) is 0. The van der Waals surface area contributed by atoms with E-state index in [4.69, 9.17) is 5.11 Å². The number of aliphatic hydroxyl groups is 1. The van der Waals surface area contributed by atoms with Gasteiger partial charge in [0.2, 0.25) is 0 Å². The minimum Gasteiger partial charge on any atom is -0.396 e.